The highest BCUT2D eigenvalue weighted by Crippen LogP contribution is 2.32. The lowest BCUT2D eigenvalue weighted by Gasteiger charge is -2.41. The first-order chi connectivity index (χ1) is 9.86. The maximum atomic E-state index is 11.8. The Morgan fingerprint density at radius 2 is 2.19 bits per heavy atom. The summed E-state index contributed by atoms with van der Waals surface area (Å²) in [7, 11) is 1.69. The van der Waals surface area contributed by atoms with E-state index in [1.54, 1.807) is 13.2 Å². The van der Waals surface area contributed by atoms with Crippen molar-refractivity contribution in [2.45, 2.75) is 32.3 Å². The molecular weight excluding hydrogens is 272 g/mol. The van der Waals surface area contributed by atoms with E-state index in [4.69, 9.17) is 4.74 Å². The summed E-state index contributed by atoms with van der Waals surface area (Å²) in [5.74, 6) is -0.168. The number of methoxy groups -OCH3 is 1. The monoisotopic (exact) mass is 292 g/mol. The van der Waals surface area contributed by atoms with Gasteiger partial charge in [-0.15, -0.1) is 0 Å². The second kappa shape index (κ2) is 5.81. The van der Waals surface area contributed by atoms with E-state index in [0.29, 0.717) is 12.1 Å². The van der Waals surface area contributed by atoms with Gasteiger partial charge < -0.3 is 9.64 Å². The number of piperidine rings is 1. The molecule has 1 heterocycles. The number of ether oxygens (including phenoxy) is 1. The van der Waals surface area contributed by atoms with E-state index < -0.39 is 4.92 Å². The van der Waals surface area contributed by atoms with Crippen LogP contribution in [0.4, 0.5) is 11.4 Å². The smallest absolute Gasteiger partial charge is 0.270 e. The van der Waals surface area contributed by atoms with Gasteiger partial charge in [0.1, 0.15) is 0 Å². The number of non-ortho nitro benzene ring substituents is 1. The number of nitro groups is 1. The van der Waals surface area contributed by atoms with E-state index in [2.05, 4.69) is 4.90 Å². The van der Waals surface area contributed by atoms with Crippen LogP contribution in [-0.4, -0.2) is 36.5 Å². The molecule has 0 saturated carbocycles. The van der Waals surface area contributed by atoms with Crippen LogP contribution in [0.5, 0.6) is 0 Å². The molecule has 1 atom stereocenters. The zero-order valence-electron chi connectivity index (χ0n) is 12.6. The van der Waals surface area contributed by atoms with Crippen LogP contribution in [0.2, 0.25) is 0 Å². The number of hydrogen-bond acceptors (Lipinski definition) is 5. The summed E-state index contributed by atoms with van der Waals surface area (Å²) < 4.78 is 5.56. The van der Waals surface area contributed by atoms with Gasteiger partial charge in [0.2, 0.25) is 0 Å². The number of carbonyl (C=O) groups is 1. The van der Waals surface area contributed by atoms with Crippen LogP contribution in [-0.2, 0) is 4.74 Å². The summed E-state index contributed by atoms with van der Waals surface area (Å²) in [5.41, 5.74) is 0.824. The molecule has 0 N–H and O–H groups in total. The van der Waals surface area contributed by atoms with E-state index in [0.717, 1.165) is 25.1 Å². The third-order valence-corrected chi connectivity index (χ3v) is 4.06. The predicted molar refractivity (Wildman–Crippen MR) is 80.0 cm³/mol. The average Bonchev–Trinajstić information content (AvgIpc) is 2.46. The standard InChI is InChI=1S/C15H20N2O4/c1-11(18)13-9-12(17(19)20)5-6-14(13)16-8-4-7-15(2,10-16)21-3/h5-6,9H,4,7-8,10H2,1-3H3. The molecular formula is C15H20N2O4. The Morgan fingerprint density at radius 3 is 2.76 bits per heavy atom. The van der Waals surface area contributed by atoms with Crippen LogP contribution >= 0.6 is 0 Å². The van der Waals surface area contributed by atoms with E-state index in [1.165, 1.54) is 19.1 Å². The number of rotatable bonds is 4. The molecule has 1 unspecified atom stereocenters. The quantitative estimate of drug-likeness (QED) is 0.484. The molecule has 1 fully saturated rings. The molecule has 0 spiro atoms. The van der Waals surface area contributed by atoms with Crippen LogP contribution in [0.3, 0.4) is 0 Å². The minimum atomic E-state index is -0.480. The Bertz CT molecular complexity index is 573. The Labute approximate surface area is 123 Å². The first-order valence-electron chi connectivity index (χ1n) is 6.96. The highest BCUT2D eigenvalue weighted by molar-refractivity contribution is 6.00. The van der Waals surface area contributed by atoms with Crippen molar-refractivity contribution in [1.29, 1.82) is 0 Å². The van der Waals surface area contributed by atoms with Gasteiger partial charge in [-0.25, -0.2) is 0 Å². The van der Waals surface area contributed by atoms with Crippen molar-refractivity contribution in [1.82, 2.24) is 0 Å². The molecule has 0 radical (unpaired) electrons. The Hall–Kier alpha value is -1.95. The Morgan fingerprint density at radius 1 is 1.48 bits per heavy atom. The highest BCUT2D eigenvalue weighted by Gasteiger charge is 2.32. The second-order valence-electron chi connectivity index (χ2n) is 5.69. The largest absolute Gasteiger partial charge is 0.377 e. The molecule has 1 aliphatic heterocycles. The van der Waals surface area contributed by atoms with Crippen molar-refractivity contribution in [3.05, 3.63) is 33.9 Å². The van der Waals surface area contributed by atoms with Crippen molar-refractivity contribution in [2.24, 2.45) is 0 Å². The normalized spacial score (nSPS) is 22.1. The maximum Gasteiger partial charge on any atom is 0.270 e. The van der Waals surface area contributed by atoms with Crippen LogP contribution in [0.15, 0.2) is 18.2 Å². The van der Waals surface area contributed by atoms with E-state index in [1.807, 2.05) is 6.92 Å². The van der Waals surface area contributed by atoms with Gasteiger partial charge in [0.25, 0.3) is 5.69 Å². The van der Waals surface area contributed by atoms with Crippen LogP contribution in [0, 0.1) is 10.1 Å². The molecule has 0 aromatic heterocycles. The molecule has 6 heteroatoms. The molecule has 0 bridgehead atoms. The number of carbonyl (C=O) groups excluding carboxylic acids is 1. The van der Waals surface area contributed by atoms with Crippen molar-refractivity contribution in [3.8, 4) is 0 Å². The number of hydrogen-bond donors (Lipinski definition) is 0. The van der Waals surface area contributed by atoms with Gasteiger partial charge in [-0.3, -0.25) is 14.9 Å². The summed E-state index contributed by atoms with van der Waals surface area (Å²) in [6.07, 6.45) is 1.92. The lowest BCUT2D eigenvalue weighted by atomic mass is 9.93. The van der Waals surface area contributed by atoms with Gasteiger partial charge in [0.15, 0.2) is 5.78 Å². The van der Waals surface area contributed by atoms with E-state index >= 15 is 0 Å². The number of ketones is 1. The van der Waals surface area contributed by atoms with Gasteiger partial charge in [0, 0.05) is 43.6 Å². The predicted octanol–water partition coefficient (Wildman–Crippen LogP) is 2.80. The first-order valence-corrected chi connectivity index (χ1v) is 6.96. The molecule has 114 valence electrons. The fraction of sp³-hybridized carbons (Fsp3) is 0.533. The minimum absolute atomic E-state index is 0.0598. The number of nitrogens with zero attached hydrogens (tertiary/aromatic N) is 2. The number of anilines is 1. The molecule has 1 saturated heterocycles. The second-order valence-corrected chi connectivity index (χ2v) is 5.69. The lowest BCUT2D eigenvalue weighted by molar-refractivity contribution is -0.384. The molecule has 6 nitrogen and oxygen atoms in total. The fourth-order valence-electron chi connectivity index (χ4n) is 2.77. The molecule has 1 aromatic rings. The third kappa shape index (κ3) is 3.21. The van der Waals surface area contributed by atoms with Gasteiger partial charge in [-0.1, -0.05) is 0 Å². The average molecular weight is 292 g/mol. The van der Waals surface area contributed by atoms with Gasteiger partial charge in [-0.05, 0) is 32.8 Å². The number of Topliss-reactive ketones (excluding diaryl/α,β-unsaturated/α-hetero) is 1. The topological polar surface area (TPSA) is 72.7 Å². The van der Waals surface area contributed by atoms with Gasteiger partial charge in [-0.2, -0.15) is 0 Å². The van der Waals surface area contributed by atoms with Crippen LogP contribution in [0.1, 0.15) is 37.0 Å². The summed E-state index contributed by atoms with van der Waals surface area (Å²) in [4.78, 5) is 24.3. The number of benzene rings is 1. The molecule has 1 aromatic carbocycles. The Balaban J connectivity index is 2.39. The van der Waals surface area contributed by atoms with Crippen LogP contribution < -0.4 is 4.90 Å². The maximum absolute atomic E-state index is 11.8. The van der Waals surface area contributed by atoms with Crippen molar-refractivity contribution in [3.63, 3.8) is 0 Å². The molecule has 0 amide bonds. The van der Waals surface area contributed by atoms with Crippen LogP contribution in [0.25, 0.3) is 0 Å². The minimum Gasteiger partial charge on any atom is -0.377 e. The summed E-state index contributed by atoms with van der Waals surface area (Å²) in [6.45, 7) is 4.96. The Kier molecular flexibility index (Phi) is 4.27. The van der Waals surface area contributed by atoms with Gasteiger partial charge >= 0.3 is 0 Å². The van der Waals surface area contributed by atoms with Crippen molar-refractivity contribution in [2.75, 3.05) is 25.1 Å². The zero-order valence-corrected chi connectivity index (χ0v) is 12.6. The van der Waals surface area contributed by atoms with E-state index in [9.17, 15) is 14.9 Å². The molecule has 21 heavy (non-hydrogen) atoms. The van der Waals surface area contributed by atoms with Crippen molar-refractivity contribution < 1.29 is 14.5 Å². The summed E-state index contributed by atoms with van der Waals surface area (Å²) in [6, 6.07) is 4.47. The number of nitro benzene ring substituents is 1. The molecule has 1 aliphatic rings. The highest BCUT2D eigenvalue weighted by atomic mass is 16.6. The van der Waals surface area contributed by atoms with E-state index in [-0.39, 0.29) is 17.1 Å². The summed E-state index contributed by atoms with van der Waals surface area (Å²) in [5, 5.41) is 10.9. The van der Waals surface area contributed by atoms with Gasteiger partial charge in [0.05, 0.1) is 10.5 Å². The third-order valence-electron chi connectivity index (χ3n) is 4.06. The first kappa shape index (κ1) is 15.4. The SMILES string of the molecule is COC1(C)CCCN(c2ccc([N+](=O)[O-])cc2C(C)=O)C1. The zero-order chi connectivity index (χ0) is 15.6. The summed E-state index contributed by atoms with van der Waals surface area (Å²) >= 11 is 0. The molecule has 0 aliphatic carbocycles. The fourth-order valence-corrected chi connectivity index (χ4v) is 2.77. The molecule has 2 rings (SSSR count). The lowest BCUT2D eigenvalue weighted by Crippen LogP contribution is -2.47. The van der Waals surface area contributed by atoms with Crippen molar-refractivity contribution >= 4 is 17.2 Å².